The molecule has 1 fully saturated rings. The number of piperidine rings is 1. The molecule has 0 spiro atoms. The van der Waals surface area contributed by atoms with Crippen molar-refractivity contribution in [3.05, 3.63) is 29.8 Å². The van der Waals surface area contributed by atoms with Crippen LogP contribution >= 0.6 is 0 Å². The number of halogens is 2. The molecule has 1 aromatic rings. The van der Waals surface area contributed by atoms with Crippen LogP contribution < -0.4 is 5.32 Å². The van der Waals surface area contributed by atoms with E-state index in [0.29, 0.717) is 32.5 Å². The minimum absolute atomic E-state index is 0.0916. The van der Waals surface area contributed by atoms with Gasteiger partial charge in [0.05, 0.1) is 19.1 Å². The molecule has 0 radical (unpaired) electrons. The Morgan fingerprint density at radius 2 is 1.83 bits per heavy atom. The van der Waals surface area contributed by atoms with E-state index < -0.39 is 11.6 Å². The zero-order chi connectivity index (χ0) is 16.8. The number of esters is 1. The highest BCUT2D eigenvalue weighted by molar-refractivity contribution is 5.92. The van der Waals surface area contributed by atoms with Crippen LogP contribution in [0.5, 0.6) is 0 Å². The number of rotatable bonds is 5. The zero-order valence-corrected chi connectivity index (χ0v) is 13.0. The Kier molecular flexibility index (Phi) is 6.04. The standard InChI is InChI=1S/C16H20F2N2O3/c1-2-23-16(22)11-3-5-20(6-4-11)10-15(21)19-14-8-12(17)7-13(18)9-14/h7-9,11H,2-6,10H2,1H3,(H,19,21). The summed E-state index contributed by atoms with van der Waals surface area (Å²) in [5.41, 5.74) is 0.0916. The number of likely N-dealkylation sites (tertiary alicyclic amines) is 1. The van der Waals surface area contributed by atoms with Crippen LogP contribution in [0.15, 0.2) is 18.2 Å². The number of benzene rings is 1. The van der Waals surface area contributed by atoms with Crippen molar-refractivity contribution in [1.82, 2.24) is 4.90 Å². The molecule has 0 saturated carbocycles. The minimum atomic E-state index is -0.740. The molecule has 23 heavy (non-hydrogen) atoms. The van der Waals surface area contributed by atoms with Gasteiger partial charge in [-0.25, -0.2) is 8.78 Å². The molecule has 0 unspecified atom stereocenters. The van der Waals surface area contributed by atoms with Crippen LogP contribution in [0.2, 0.25) is 0 Å². The number of hydrogen-bond acceptors (Lipinski definition) is 4. The van der Waals surface area contributed by atoms with E-state index in [4.69, 9.17) is 4.74 Å². The van der Waals surface area contributed by atoms with Gasteiger partial charge in [-0.1, -0.05) is 0 Å². The third kappa shape index (κ3) is 5.28. The Morgan fingerprint density at radius 3 is 2.39 bits per heavy atom. The van der Waals surface area contributed by atoms with Gasteiger partial charge in [0.25, 0.3) is 0 Å². The lowest BCUT2D eigenvalue weighted by Gasteiger charge is -2.30. The monoisotopic (exact) mass is 326 g/mol. The van der Waals surface area contributed by atoms with Gasteiger partial charge in [-0.3, -0.25) is 14.5 Å². The van der Waals surface area contributed by atoms with E-state index in [-0.39, 0.29) is 30.0 Å². The van der Waals surface area contributed by atoms with Gasteiger partial charge in [0.15, 0.2) is 0 Å². The number of carbonyl (C=O) groups excluding carboxylic acids is 2. The van der Waals surface area contributed by atoms with Crippen molar-refractivity contribution in [2.45, 2.75) is 19.8 Å². The summed E-state index contributed by atoms with van der Waals surface area (Å²) in [5, 5.41) is 2.47. The molecule has 1 heterocycles. The smallest absolute Gasteiger partial charge is 0.309 e. The SMILES string of the molecule is CCOC(=O)C1CCN(CC(=O)Nc2cc(F)cc(F)c2)CC1. The second-order valence-corrected chi connectivity index (χ2v) is 5.51. The molecular weight excluding hydrogens is 306 g/mol. The van der Waals surface area contributed by atoms with E-state index in [1.54, 1.807) is 6.92 Å². The summed E-state index contributed by atoms with van der Waals surface area (Å²) in [6.45, 7) is 3.47. The maximum absolute atomic E-state index is 13.1. The second-order valence-electron chi connectivity index (χ2n) is 5.51. The summed E-state index contributed by atoms with van der Waals surface area (Å²) in [6.07, 6.45) is 1.28. The van der Waals surface area contributed by atoms with Crippen molar-refractivity contribution in [2.24, 2.45) is 5.92 Å². The van der Waals surface area contributed by atoms with Crippen molar-refractivity contribution in [2.75, 3.05) is 31.6 Å². The van der Waals surface area contributed by atoms with E-state index in [0.717, 1.165) is 18.2 Å². The minimum Gasteiger partial charge on any atom is -0.466 e. The molecule has 0 atom stereocenters. The van der Waals surface area contributed by atoms with E-state index in [2.05, 4.69) is 5.32 Å². The Bertz CT molecular complexity index is 552. The van der Waals surface area contributed by atoms with Crippen LogP contribution in [0.4, 0.5) is 14.5 Å². The lowest BCUT2D eigenvalue weighted by Crippen LogP contribution is -2.41. The van der Waals surface area contributed by atoms with Crippen LogP contribution in [-0.2, 0) is 14.3 Å². The summed E-state index contributed by atoms with van der Waals surface area (Å²) in [6, 6.07) is 2.87. The molecule has 1 aliphatic heterocycles. The fourth-order valence-corrected chi connectivity index (χ4v) is 2.62. The van der Waals surface area contributed by atoms with E-state index in [9.17, 15) is 18.4 Å². The van der Waals surface area contributed by atoms with Gasteiger partial charge in [0.1, 0.15) is 11.6 Å². The Balaban J connectivity index is 1.79. The zero-order valence-electron chi connectivity index (χ0n) is 13.0. The first-order valence-electron chi connectivity index (χ1n) is 7.63. The highest BCUT2D eigenvalue weighted by Crippen LogP contribution is 2.19. The lowest BCUT2D eigenvalue weighted by molar-refractivity contribution is -0.149. The molecule has 2 rings (SSSR count). The predicted molar refractivity (Wildman–Crippen MR) is 80.8 cm³/mol. The van der Waals surface area contributed by atoms with Gasteiger partial charge in [-0.15, -0.1) is 0 Å². The first-order valence-corrected chi connectivity index (χ1v) is 7.63. The molecule has 1 N–H and O–H groups in total. The molecule has 0 aromatic heterocycles. The number of ether oxygens (including phenoxy) is 1. The van der Waals surface area contributed by atoms with Crippen molar-refractivity contribution in [3.63, 3.8) is 0 Å². The average molecular weight is 326 g/mol. The molecule has 1 amide bonds. The van der Waals surface area contributed by atoms with E-state index >= 15 is 0 Å². The maximum atomic E-state index is 13.1. The van der Waals surface area contributed by atoms with Crippen LogP contribution in [0.25, 0.3) is 0 Å². The maximum Gasteiger partial charge on any atom is 0.309 e. The van der Waals surface area contributed by atoms with E-state index in [1.807, 2.05) is 4.90 Å². The number of carbonyl (C=O) groups is 2. The van der Waals surface area contributed by atoms with Gasteiger partial charge >= 0.3 is 5.97 Å². The van der Waals surface area contributed by atoms with Crippen LogP contribution in [-0.4, -0.2) is 43.0 Å². The molecule has 1 saturated heterocycles. The number of nitrogens with one attached hydrogen (secondary N) is 1. The fraction of sp³-hybridized carbons (Fsp3) is 0.500. The number of hydrogen-bond donors (Lipinski definition) is 1. The van der Waals surface area contributed by atoms with Gasteiger partial charge in [-0.2, -0.15) is 0 Å². The molecular formula is C16H20F2N2O3. The van der Waals surface area contributed by atoms with Crippen molar-refractivity contribution < 1.29 is 23.1 Å². The Hall–Kier alpha value is -2.02. The van der Waals surface area contributed by atoms with Crippen LogP contribution in [0, 0.1) is 17.6 Å². The highest BCUT2D eigenvalue weighted by atomic mass is 19.1. The summed E-state index contributed by atoms with van der Waals surface area (Å²) in [4.78, 5) is 25.5. The van der Waals surface area contributed by atoms with Crippen molar-refractivity contribution in [3.8, 4) is 0 Å². The van der Waals surface area contributed by atoms with Gasteiger partial charge in [0.2, 0.25) is 5.91 Å². The molecule has 7 heteroatoms. The average Bonchev–Trinajstić information content (AvgIpc) is 2.47. The van der Waals surface area contributed by atoms with Gasteiger partial charge in [0, 0.05) is 11.8 Å². The predicted octanol–water partition coefficient (Wildman–Crippen LogP) is 2.18. The van der Waals surface area contributed by atoms with Crippen LogP contribution in [0.3, 0.4) is 0 Å². The first kappa shape index (κ1) is 17.3. The third-order valence-corrected chi connectivity index (χ3v) is 3.72. The molecule has 126 valence electrons. The normalized spacial score (nSPS) is 16.1. The van der Waals surface area contributed by atoms with Gasteiger partial charge in [-0.05, 0) is 45.0 Å². The topological polar surface area (TPSA) is 58.6 Å². The lowest BCUT2D eigenvalue weighted by atomic mass is 9.97. The largest absolute Gasteiger partial charge is 0.466 e. The quantitative estimate of drug-likeness (QED) is 0.843. The summed E-state index contributed by atoms with van der Waals surface area (Å²) in [7, 11) is 0. The summed E-state index contributed by atoms with van der Waals surface area (Å²) < 4.78 is 31.1. The van der Waals surface area contributed by atoms with Crippen molar-refractivity contribution >= 4 is 17.6 Å². The molecule has 5 nitrogen and oxygen atoms in total. The fourth-order valence-electron chi connectivity index (χ4n) is 2.62. The Morgan fingerprint density at radius 1 is 1.22 bits per heavy atom. The van der Waals surface area contributed by atoms with Crippen LogP contribution in [0.1, 0.15) is 19.8 Å². The number of anilines is 1. The van der Waals surface area contributed by atoms with E-state index in [1.165, 1.54) is 0 Å². The second kappa shape index (κ2) is 8.01. The number of amides is 1. The third-order valence-electron chi connectivity index (χ3n) is 3.72. The molecule has 0 aliphatic carbocycles. The first-order chi connectivity index (χ1) is 11.0. The van der Waals surface area contributed by atoms with Gasteiger partial charge < -0.3 is 10.1 Å². The number of nitrogens with zero attached hydrogens (tertiary/aromatic N) is 1. The summed E-state index contributed by atoms with van der Waals surface area (Å²) >= 11 is 0. The molecule has 0 bridgehead atoms. The molecule has 1 aliphatic rings. The summed E-state index contributed by atoms with van der Waals surface area (Å²) in [5.74, 6) is -2.13. The van der Waals surface area contributed by atoms with Crippen molar-refractivity contribution in [1.29, 1.82) is 0 Å². The highest BCUT2D eigenvalue weighted by Gasteiger charge is 2.26. The molecule has 1 aromatic carbocycles. The Labute approximate surface area is 133 Å².